The molecule has 0 fully saturated rings. The molecule has 0 spiro atoms. The van der Waals surface area contributed by atoms with Gasteiger partial charge in [-0.25, -0.2) is 9.97 Å². The van der Waals surface area contributed by atoms with Gasteiger partial charge in [-0.15, -0.1) is 0 Å². The van der Waals surface area contributed by atoms with Gasteiger partial charge in [-0.1, -0.05) is 0 Å². The highest BCUT2D eigenvalue weighted by atomic mass is 19.4. The second kappa shape index (κ2) is 3.69. The van der Waals surface area contributed by atoms with Crippen LogP contribution >= 0.6 is 0 Å². The van der Waals surface area contributed by atoms with E-state index in [9.17, 15) is 13.2 Å². The Kier molecular flexibility index (Phi) is 2.82. The van der Waals surface area contributed by atoms with Gasteiger partial charge in [-0.2, -0.15) is 13.2 Å². The summed E-state index contributed by atoms with van der Waals surface area (Å²) in [6.07, 6.45) is -3.19. The van der Waals surface area contributed by atoms with Gasteiger partial charge in [0.25, 0.3) is 0 Å². The van der Waals surface area contributed by atoms with Crippen LogP contribution in [0.4, 0.5) is 13.2 Å². The molecule has 3 nitrogen and oxygen atoms in total. The summed E-state index contributed by atoms with van der Waals surface area (Å²) in [5.41, 5.74) is 4.56. The zero-order valence-corrected chi connectivity index (χ0v) is 6.67. The molecule has 0 bridgehead atoms. The fourth-order valence-corrected chi connectivity index (χ4v) is 0.837. The zero-order chi connectivity index (χ0) is 9.90. The van der Waals surface area contributed by atoms with Crippen molar-refractivity contribution in [3.05, 3.63) is 23.8 Å². The van der Waals surface area contributed by atoms with Crippen molar-refractivity contribution < 1.29 is 13.2 Å². The van der Waals surface area contributed by atoms with Gasteiger partial charge in [-0.3, -0.25) is 0 Å². The summed E-state index contributed by atoms with van der Waals surface area (Å²) in [5.74, 6) is 0. The first-order valence-corrected chi connectivity index (χ1v) is 3.62. The monoisotopic (exact) mass is 191 g/mol. The number of rotatable bonds is 2. The van der Waals surface area contributed by atoms with E-state index in [2.05, 4.69) is 9.97 Å². The minimum absolute atomic E-state index is 0.272. The molecule has 6 heteroatoms. The molecule has 0 atom stereocenters. The number of alkyl halides is 3. The molecule has 13 heavy (non-hydrogen) atoms. The molecule has 0 aromatic carbocycles. The van der Waals surface area contributed by atoms with Crippen LogP contribution in [0.5, 0.6) is 0 Å². The fourth-order valence-electron chi connectivity index (χ4n) is 0.837. The minimum Gasteiger partial charge on any atom is -0.330 e. The van der Waals surface area contributed by atoms with Crippen molar-refractivity contribution >= 4 is 0 Å². The summed E-state index contributed by atoms with van der Waals surface area (Å²) in [5, 5.41) is 0. The minimum atomic E-state index is -4.41. The number of hydrogen-bond acceptors (Lipinski definition) is 3. The average Bonchev–Trinajstić information content (AvgIpc) is 2.04. The lowest BCUT2D eigenvalue weighted by Gasteiger charge is -2.05. The Balaban J connectivity index is 2.92. The van der Waals surface area contributed by atoms with E-state index in [1.54, 1.807) is 0 Å². The standard InChI is InChI=1S/C7H8F3N3/c8-7(9,10)6-3-5(1-2-11)12-4-13-6/h3-4H,1-2,11H2. The van der Waals surface area contributed by atoms with Crippen LogP contribution in [0.1, 0.15) is 11.4 Å². The molecule has 1 aromatic rings. The first-order valence-electron chi connectivity index (χ1n) is 3.62. The average molecular weight is 191 g/mol. The van der Waals surface area contributed by atoms with E-state index in [0.717, 1.165) is 12.4 Å². The summed E-state index contributed by atoms with van der Waals surface area (Å²) in [4.78, 5) is 6.77. The fraction of sp³-hybridized carbons (Fsp3) is 0.429. The van der Waals surface area contributed by atoms with Crippen molar-refractivity contribution in [3.63, 3.8) is 0 Å². The predicted octanol–water partition coefficient (Wildman–Crippen LogP) is 0.997. The SMILES string of the molecule is NCCc1cc(C(F)(F)F)ncn1. The van der Waals surface area contributed by atoms with Crippen LogP contribution in [0.2, 0.25) is 0 Å². The topological polar surface area (TPSA) is 51.8 Å². The predicted molar refractivity (Wildman–Crippen MR) is 39.8 cm³/mol. The lowest BCUT2D eigenvalue weighted by molar-refractivity contribution is -0.141. The lowest BCUT2D eigenvalue weighted by Crippen LogP contribution is -2.11. The van der Waals surface area contributed by atoms with Crippen LogP contribution in [-0.4, -0.2) is 16.5 Å². The van der Waals surface area contributed by atoms with Crippen LogP contribution in [0.3, 0.4) is 0 Å². The Hall–Kier alpha value is -1.17. The molecule has 0 saturated carbocycles. The van der Waals surface area contributed by atoms with Gasteiger partial charge in [0.2, 0.25) is 0 Å². The molecule has 0 unspecified atom stereocenters. The Morgan fingerprint density at radius 1 is 1.31 bits per heavy atom. The Morgan fingerprint density at radius 2 is 2.00 bits per heavy atom. The van der Waals surface area contributed by atoms with Crippen molar-refractivity contribution in [1.29, 1.82) is 0 Å². The van der Waals surface area contributed by atoms with E-state index in [1.807, 2.05) is 0 Å². The molecule has 2 N–H and O–H groups in total. The number of nitrogens with two attached hydrogens (primary N) is 1. The molecule has 0 radical (unpaired) electrons. The van der Waals surface area contributed by atoms with Crippen LogP contribution in [-0.2, 0) is 12.6 Å². The van der Waals surface area contributed by atoms with Gasteiger partial charge in [0.15, 0.2) is 0 Å². The van der Waals surface area contributed by atoms with Crippen molar-refractivity contribution in [1.82, 2.24) is 9.97 Å². The second-order valence-corrected chi connectivity index (χ2v) is 2.43. The summed E-state index contributed by atoms with van der Waals surface area (Å²) in [6.45, 7) is 0.272. The summed E-state index contributed by atoms with van der Waals surface area (Å²) in [7, 11) is 0. The molecule has 0 amide bonds. The van der Waals surface area contributed by atoms with E-state index in [1.165, 1.54) is 0 Å². The third-order valence-corrected chi connectivity index (χ3v) is 1.41. The van der Waals surface area contributed by atoms with Crippen molar-refractivity contribution in [2.45, 2.75) is 12.6 Å². The molecule has 0 saturated heterocycles. The van der Waals surface area contributed by atoms with Crippen molar-refractivity contribution in [3.8, 4) is 0 Å². The van der Waals surface area contributed by atoms with Gasteiger partial charge in [0.1, 0.15) is 12.0 Å². The Bertz CT molecular complexity index is 285. The molecule has 1 heterocycles. The molecule has 0 aliphatic carbocycles. The Labute approximate surface area is 72.8 Å². The quantitative estimate of drug-likeness (QED) is 0.758. The molecular weight excluding hydrogens is 183 g/mol. The van der Waals surface area contributed by atoms with Crippen LogP contribution in [0, 0.1) is 0 Å². The number of nitrogens with zero attached hydrogens (tertiary/aromatic N) is 2. The maximum absolute atomic E-state index is 12.1. The van der Waals surface area contributed by atoms with Gasteiger partial charge >= 0.3 is 6.18 Å². The van der Waals surface area contributed by atoms with Crippen LogP contribution in [0.25, 0.3) is 0 Å². The van der Waals surface area contributed by atoms with Gasteiger partial charge in [0.05, 0.1) is 0 Å². The van der Waals surface area contributed by atoms with Gasteiger partial charge in [-0.05, 0) is 12.6 Å². The summed E-state index contributed by atoms with van der Waals surface area (Å²) >= 11 is 0. The molecular formula is C7H8F3N3. The summed E-state index contributed by atoms with van der Waals surface area (Å²) in [6, 6.07) is 0.910. The first-order chi connectivity index (χ1) is 6.04. The van der Waals surface area contributed by atoms with Gasteiger partial charge < -0.3 is 5.73 Å². The molecule has 0 aliphatic heterocycles. The van der Waals surface area contributed by atoms with Gasteiger partial charge in [0, 0.05) is 12.1 Å². The molecule has 1 rings (SSSR count). The third-order valence-electron chi connectivity index (χ3n) is 1.41. The maximum atomic E-state index is 12.1. The van der Waals surface area contributed by atoms with Crippen LogP contribution in [0.15, 0.2) is 12.4 Å². The second-order valence-electron chi connectivity index (χ2n) is 2.43. The van der Waals surface area contributed by atoms with E-state index < -0.39 is 11.9 Å². The van der Waals surface area contributed by atoms with E-state index in [-0.39, 0.29) is 6.54 Å². The number of halogens is 3. The Morgan fingerprint density at radius 3 is 2.54 bits per heavy atom. The molecule has 1 aromatic heterocycles. The van der Waals surface area contributed by atoms with Crippen molar-refractivity contribution in [2.24, 2.45) is 5.73 Å². The van der Waals surface area contributed by atoms with Crippen molar-refractivity contribution in [2.75, 3.05) is 6.54 Å². The zero-order valence-electron chi connectivity index (χ0n) is 6.67. The van der Waals surface area contributed by atoms with E-state index >= 15 is 0 Å². The highest BCUT2D eigenvalue weighted by molar-refractivity contribution is 5.11. The normalized spacial score (nSPS) is 11.7. The van der Waals surface area contributed by atoms with E-state index in [0.29, 0.717) is 12.1 Å². The number of aromatic nitrogens is 2. The summed E-state index contributed by atoms with van der Waals surface area (Å²) < 4.78 is 36.3. The maximum Gasteiger partial charge on any atom is 0.433 e. The highest BCUT2D eigenvalue weighted by Crippen LogP contribution is 2.27. The molecule has 0 aliphatic rings. The first kappa shape index (κ1) is 9.91. The van der Waals surface area contributed by atoms with E-state index in [4.69, 9.17) is 5.73 Å². The highest BCUT2D eigenvalue weighted by Gasteiger charge is 2.32. The largest absolute Gasteiger partial charge is 0.433 e. The van der Waals surface area contributed by atoms with Crippen LogP contribution < -0.4 is 5.73 Å². The lowest BCUT2D eigenvalue weighted by atomic mass is 10.2. The third kappa shape index (κ3) is 2.66. The number of hydrogen-bond donors (Lipinski definition) is 1. The molecule has 72 valence electrons. The smallest absolute Gasteiger partial charge is 0.330 e.